The molecule has 0 aromatic heterocycles. The Kier molecular flexibility index (Phi) is 4.78. The quantitative estimate of drug-likeness (QED) is 0.535. The van der Waals surface area contributed by atoms with Crippen LogP contribution in [0, 0.1) is 0 Å². The van der Waals surface area contributed by atoms with Gasteiger partial charge >= 0.3 is 5.97 Å². The molecule has 5 nitrogen and oxygen atoms in total. The molecule has 22 heavy (non-hydrogen) atoms. The Balaban J connectivity index is 2.19. The number of amides is 1. The third-order valence-corrected chi connectivity index (χ3v) is 3.32. The Bertz CT molecular complexity index is 731. The molecule has 0 atom stereocenters. The van der Waals surface area contributed by atoms with Gasteiger partial charge in [0, 0.05) is 13.6 Å². The van der Waals surface area contributed by atoms with Gasteiger partial charge in [0.15, 0.2) is 0 Å². The Hall–Kier alpha value is -2.82. The molecule has 0 spiro atoms. The van der Waals surface area contributed by atoms with Crippen LogP contribution in [0.1, 0.15) is 5.56 Å². The van der Waals surface area contributed by atoms with E-state index in [0.717, 1.165) is 29.5 Å². The Morgan fingerprint density at radius 1 is 1.18 bits per heavy atom. The monoisotopic (exact) mass is 299 g/mol. The Labute approximate surface area is 128 Å². The number of esters is 1. The van der Waals surface area contributed by atoms with Gasteiger partial charge in [-0.25, -0.2) is 4.79 Å². The molecule has 1 amide bonds. The number of nitrogens with zero attached hydrogens (tertiary/aromatic N) is 1. The van der Waals surface area contributed by atoms with Crippen LogP contribution in [0.15, 0.2) is 54.3 Å². The van der Waals surface area contributed by atoms with Crippen molar-refractivity contribution in [2.45, 2.75) is 6.54 Å². The lowest BCUT2D eigenvalue weighted by Crippen LogP contribution is -2.25. The SMILES string of the molecule is COC(=O)/C(O)=C/C(=O)N(C)Cc1cccc2ccccc12. The molecule has 2 aromatic rings. The van der Waals surface area contributed by atoms with Crippen molar-refractivity contribution in [2.24, 2.45) is 0 Å². The van der Waals surface area contributed by atoms with Crippen molar-refractivity contribution in [2.75, 3.05) is 14.2 Å². The maximum atomic E-state index is 12.0. The minimum absolute atomic E-state index is 0.366. The topological polar surface area (TPSA) is 66.8 Å². The van der Waals surface area contributed by atoms with Crippen LogP contribution < -0.4 is 0 Å². The highest BCUT2D eigenvalue weighted by molar-refractivity contribution is 5.96. The second kappa shape index (κ2) is 6.76. The number of ether oxygens (including phenoxy) is 1. The van der Waals surface area contributed by atoms with Crippen LogP contribution in [0.4, 0.5) is 0 Å². The fourth-order valence-electron chi connectivity index (χ4n) is 2.15. The molecule has 0 aliphatic heterocycles. The Morgan fingerprint density at radius 2 is 1.86 bits per heavy atom. The fraction of sp³-hybridized carbons (Fsp3) is 0.176. The smallest absolute Gasteiger partial charge is 0.373 e. The van der Waals surface area contributed by atoms with Gasteiger partial charge in [-0.1, -0.05) is 42.5 Å². The van der Waals surface area contributed by atoms with Crippen molar-refractivity contribution in [3.05, 3.63) is 59.9 Å². The molecule has 1 N–H and O–H groups in total. The summed E-state index contributed by atoms with van der Waals surface area (Å²) in [5.74, 6) is -2.12. The van der Waals surface area contributed by atoms with Crippen molar-refractivity contribution in [1.82, 2.24) is 4.90 Å². The van der Waals surface area contributed by atoms with Crippen LogP contribution in [0.3, 0.4) is 0 Å². The number of aliphatic hydroxyl groups is 1. The molecule has 2 aromatic carbocycles. The summed E-state index contributed by atoms with van der Waals surface area (Å²) < 4.78 is 4.34. The number of rotatable bonds is 4. The van der Waals surface area contributed by atoms with Crippen LogP contribution in [-0.2, 0) is 20.9 Å². The minimum atomic E-state index is -0.938. The van der Waals surface area contributed by atoms with Gasteiger partial charge in [-0.15, -0.1) is 0 Å². The van der Waals surface area contributed by atoms with Crippen LogP contribution in [0.5, 0.6) is 0 Å². The zero-order valence-corrected chi connectivity index (χ0v) is 12.4. The average Bonchev–Trinajstić information content (AvgIpc) is 2.54. The van der Waals surface area contributed by atoms with Crippen LogP contribution >= 0.6 is 0 Å². The molecule has 2 rings (SSSR count). The highest BCUT2D eigenvalue weighted by Crippen LogP contribution is 2.19. The van der Waals surface area contributed by atoms with E-state index in [0.29, 0.717) is 6.54 Å². The summed E-state index contributed by atoms with van der Waals surface area (Å²) in [7, 11) is 2.74. The van der Waals surface area contributed by atoms with Crippen molar-refractivity contribution in [3.8, 4) is 0 Å². The van der Waals surface area contributed by atoms with E-state index in [1.165, 1.54) is 4.90 Å². The number of fused-ring (bicyclic) bond motifs is 1. The van der Waals surface area contributed by atoms with Crippen LogP contribution in [-0.4, -0.2) is 36.0 Å². The first-order valence-corrected chi connectivity index (χ1v) is 6.73. The van der Waals surface area contributed by atoms with Crippen molar-refractivity contribution >= 4 is 22.6 Å². The van der Waals surface area contributed by atoms with Crippen molar-refractivity contribution < 1.29 is 19.4 Å². The molecule has 0 aliphatic rings. The van der Waals surface area contributed by atoms with Gasteiger partial charge in [-0.2, -0.15) is 0 Å². The molecule has 0 aliphatic carbocycles. The molecule has 0 unspecified atom stereocenters. The van der Waals surface area contributed by atoms with Gasteiger partial charge in [0.2, 0.25) is 5.76 Å². The molecular formula is C17H17NO4. The number of methoxy groups -OCH3 is 1. The highest BCUT2D eigenvalue weighted by Gasteiger charge is 2.13. The van der Waals surface area contributed by atoms with Crippen molar-refractivity contribution in [1.29, 1.82) is 0 Å². The summed E-state index contributed by atoms with van der Waals surface area (Å²) in [6, 6.07) is 13.8. The third-order valence-electron chi connectivity index (χ3n) is 3.32. The first-order chi connectivity index (χ1) is 10.5. The van der Waals surface area contributed by atoms with Crippen molar-refractivity contribution in [3.63, 3.8) is 0 Å². The molecule has 0 heterocycles. The number of aliphatic hydroxyl groups excluding tert-OH is 1. The minimum Gasteiger partial charge on any atom is -0.502 e. The summed E-state index contributed by atoms with van der Waals surface area (Å²) in [6.07, 6.45) is 0.858. The van der Waals surface area contributed by atoms with Gasteiger partial charge in [0.05, 0.1) is 13.2 Å². The third kappa shape index (κ3) is 3.44. The average molecular weight is 299 g/mol. The molecular weight excluding hydrogens is 282 g/mol. The van der Waals surface area contributed by atoms with E-state index < -0.39 is 17.6 Å². The van der Waals surface area contributed by atoms with E-state index in [2.05, 4.69) is 4.74 Å². The predicted molar refractivity (Wildman–Crippen MR) is 83.1 cm³/mol. The maximum absolute atomic E-state index is 12.0. The van der Waals surface area contributed by atoms with Crippen LogP contribution in [0.25, 0.3) is 10.8 Å². The molecule has 5 heteroatoms. The normalized spacial score (nSPS) is 11.3. The van der Waals surface area contributed by atoms with E-state index in [1.807, 2.05) is 42.5 Å². The molecule has 0 saturated heterocycles. The van der Waals surface area contributed by atoms with Gasteiger partial charge in [0.25, 0.3) is 5.91 Å². The first-order valence-electron chi connectivity index (χ1n) is 6.73. The molecule has 0 saturated carbocycles. The maximum Gasteiger partial charge on any atom is 0.373 e. The van der Waals surface area contributed by atoms with Gasteiger partial charge in [-0.3, -0.25) is 4.79 Å². The summed E-state index contributed by atoms with van der Waals surface area (Å²) in [4.78, 5) is 24.5. The number of carbonyl (C=O) groups excluding carboxylic acids is 2. The fourth-order valence-corrected chi connectivity index (χ4v) is 2.15. The lowest BCUT2D eigenvalue weighted by Gasteiger charge is -2.16. The van der Waals surface area contributed by atoms with Crippen LogP contribution in [0.2, 0.25) is 0 Å². The lowest BCUT2D eigenvalue weighted by atomic mass is 10.0. The van der Waals surface area contributed by atoms with Gasteiger partial charge in [-0.05, 0) is 16.3 Å². The zero-order valence-electron chi connectivity index (χ0n) is 12.4. The van der Waals surface area contributed by atoms with Gasteiger partial charge < -0.3 is 14.7 Å². The molecule has 0 radical (unpaired) electrons. The summed E-state index contributed by atoms with van der Waals surface area (Å²) in [5, 5.41) is 11.6. The summed E-state index contributed by atoms with van der Waals surface area (Å²) >= 11 is 0. The van der Waals surface area contributed by atoms with E-state index >= 15 is 0 Å². The van der Waals surface area contributed by atoms with E-state index in [9.17, 15) is 14.7 Å². The second-order valence-electron chi connectivity index (χ2n) is 4.85. The number of likely N-dealkylation sites (N-methyl/N-ethyl adjacent to an activating group) is 1. The zero-order chi connectivity index (χ0) is 16.1. The second-order valence-corrected chi connectivity index (χ2v) is 4.85. The molecule has 0 fully saturated rings. The largest absolute Gasteiger partial charge is 0.502 e. The van der Waals surface area contributed by atoms with Gasteiger partial charge in [0.1, 0.15) is 0 Å². The standard InChI is InChI=1S/C17H17NO4/c1-18(16(20)10-15(19)17(21)22-2)11-13-8-5-7-12-6-3-4-9-14(12)13/h3-10,19H,11H2,1-2H3/b15-10-. The number of carbonyl (C=O) groups is 2. The molecule has 114 valence electrons. The predicted octanol–water partition coefficient (Wildman–Crippen LogP) is 2.41. The summed E-state index contributed by atoms with van der Waals surface area (Å²) in [6.45, 7) is 0.366. The highest BCUT2D eigenvalue weighted by atomic mass is 16.5. The van der Waals surface area contributed by atoms with E-state index in [1.54, 1.807) is 7.05 Å². The lowest BCUT2D eigenvalue weighted by molar-refractivity contribution is -0.139. The molecule has 0 bridgehead atoms. The first kappa shape index (κ1) is 15.6. The number of benzene rings is 2. The summed E-state index contributed by atoms with van der Waals surface area (Å²) in [5.41, 5.74) is 0.986. The number of hydrogen-bond donors (Lipinski definition) is 1. The van der Waals surface area contributed by atoms with E-state index in [4.69, 9.17) is 0 Å². The van der Waals surface area contributed by atoms with E-state index in [-0.39, 0.29) is 0 Å². The Morgan fingerprint density at radius 3 is 2.59 bits per heavy atom. The number of hydrogen-bond acceptors (Lipinski definition) is 4.